The normalized spacial score (nSPS) is 11.3. The summed E-state index contributed by atoms with van der Waals surface area (Å²) in [5, 5.41) is 8.42. The topological polar surface area (TPSA) is 121 Å². The highest BCUT2D eigenvalue weighted by Crippen LogP contribution is 2.37. The van der Waals surface area contributed by atoms with Crippen LogP contribution in [0.2, 0.25) is 0 Å². The molecule has 0 fully saturated rings. The van der Waals surface area contributed by atoms with Gasteiger partial charge in [0, 0.05) is 24.0 Å². The van der Waals surface area contributed by atoms with Crippen LogP contribution in [-0.2, 0) is 16.4 Å². The van der Waals surface area contributed by atoms with Gasteiger partial charge in [-0.3, -0.25) is 14.3 Å². The number of aryl methyl sites for hydroxylation is 3. The van der Waals surface area contributed by atoms with Crippen LogP contribution < -0.4 is 14.2 Å². The maximum atomic E-state index is 13.0. The highest BCUT2D eigenvalue weighted by Gasteiger charge is 2.25. The van der Waals surface area contributed by atoms with E-state index in [0.29, 0.717) is 34.4 Å². The maximum Gasteiger partial charge on any atom is 0.243 e. The van der Waals surface area contributed by atoms with E-state index in [2.05, 4.69) is 24.9 Å². The van der Waals surface area contributed by atoms with E-state index in [1.54, 1.807) is 35.0 Å². The number of hydrogen-bond acceptors (Lipinski definition) is 8. The molecular formula is C24H26N6O4S. The molecule has 11 heteroatoms. The lowest BCUT2D eigenvalue weighted by Gasteiger charge is -2.17. The molecule has 0 aliphatic carbocycles. The smallest absolute Gasteiger partial charge is 0.243 e. The molecule has 0 aliphatic rings. The fourth-order valence-corrected chi connectivity index (χ4v) is 4.51. The molecule has 3 aromatic heterocycles. The molecule has 0 atom stereocenters. The molecule has 0 aliphatic heterocycles. The van der Waals surface area contributed by atoms with Gasteiger partial charge in [0.15, 0.2) is 5.82 Å². The van der Waals surface area contributed by atoms with Crippen molar-refractivity contribution >= 4 is 16.0 Å². The Morgan fingerprint density at radius 3 is 2.29 bits per heavy atom. The highest BCUT2D eigenvalue weighted by atomic mass is 32.2. The van der Waals surface area contributed by atoms with Crippen molar-refractivity contribution < 1.29 is 17.9 Å². The van der Waals surface area contributed by atoms with Crippen molar-refractivity contribution in [3.8, 4) is 28.7 Å². The van der Waals surface area contributed by atoms with Crippen molar-refractivity contribution in [2.45, 2.75) is 20.3 Å². The van der Waals surface area contributed by atoms with Gasteiger partial charge >= 0.3 is 0 Å². The van der Waals surface area contributed by atoms with Gasteiger partial charge < -0.3 is 9.47 Å². The van der Waals surface area contributed by atoms with Crippen molar-refractivity contribution in [3.05, 3.63) is 71.7 Å². The first kappa shape index (κ1) is 24.1. The Hall–Kier alpha value is -3.99. The van der Waals surface area contributed by atoms with Crippen molar-refractivity contribution in [2.24, 2.45) is 0 Å². The Labute approximate surface area is 204 Å². The first-order valence-corrected chi connectivity index (χ1v) is 12.5. The van der Waals surface area contributed by atoms with Crippen LogP contribution in [0.4, 0.5) is 5.95 Å². The van der Waals surface area contributed by atoms with Crippen molar-refractivity contribution in [1.29, 1.82) is 0 Å². The summed E-state index contributed by atoms with van der Waals surface area (Å²) in [6, 6.07) is 14.4. The van der Waals surface area contributed by atoms with Crippen LogP contribution in [0.15, 0.2) is 54.7 Å². The van der Waals surface area contributed by atoms with E-state index in [4.69, 9.17) is 9.47 Å². The molecule has 1 aromatic carbocycles. The Bertz CT molecular complexity index is 1410. The van der Waals surface area contributed by atoms with Gasteiger partial charge in [0.2, 0.25) is 16.0 Å². The third-order valence-corrected chi connectivity index (χ3v) is 6.49. The maximum absolute atomic E-state index is 13.0. The van der Waals surface area contributed by atoms with E-state index < -0.39 is 10.0 Å². The number of benzene rings is 1. The quantitative estimate of drug-likeness (QED) is 0.376. The number of rotatable bonds is 9. The lowest BCUT2D eigenvalue weighted by Crippen LogP contribution is -2.21. The summed E-state index contributed by atoms with van der Waals surface area (Å²) in [4.78, 5) is 8.83. The zero-order valence-electron chi connectivity index (χ0n) is 19.9. The molecule has 10 nitrogen and oxygen atoms in total. The van der Waals surface area contributed by atoms with E-state index in [1.807, 2.05) is 38.1 Å². The minimum absolute atomic E-state index is 0.0111. The van der Waals surface area contributed by atoms with Crippen LogP contribution in [0.25, 0.3) is 17.2 Å². The molecule has 182 valence electrons. The number of nitrogens with zero attached hydrogens (tertiary/aromatic N) is 5. The molecule has 4 rings (SSSR count). The van der Waals surface area contributed by atoms with Crippen LogP contribution >= 0.6 is 0 Å². The summed E-state index contributed by atoms with van der Waals surface area (Å²) < 4.78 is 41.3. The van der Waals surface area contributed by atoms with E-state index >= 15 is 0 Å². The molecular weight excluding hydrogens is 468 g/mol. The summed E-state index contributed by atoms with van der Waals surface area (Å²) in [6.45, 7) is 3.78. The largest absolute Gasteiger partial charge is 0.494 e. The predicted molar refractivity (Wildman–Crippen MR) is 133 cm³/mol. The van der Waals surface area contributed by atoms with E-state index in [9.17, 15) is 8.42 Å². The molecule has 1 N–H and O–H groups in total. The number of hydrogen-bond donors (Lipinski definition) is 1. The first-order valence-electron chi connectivity index (χ1n) is 10.8. The Morgan fingerprint density at radius 1 is 0.943 bits per heavy atom. The molecule has 35 heavy (non-hydrogen) atoms. The molecule has 0 amide bonds. The second-order valence-corrected chi connectivity index (χ2v) is 9.70. The van der Waals surface area contributed by atoms with Crippen LogP contribution in [0.3, 0.4) is 0 Å². The fraction of sp³-hybridized carbons (Fsp3) is 0.250. The third-order valence-electron chi connectivity index (χ3n) is 5.25. The first-order chi connectivity index (χ1) is 16.8. The van der Waals surface area contributed by atoms with E-state index in [1.165, 1.54) is 14.2 Å². The predicted octanol–water partition coefficient (Wildman–Crippen LogP) is 3.34. The SMILES string of the molecule is COc1cccc(OC)c1-n1c(NS(=O)(=O)CCc2ccc(C)cn2)nnc1-c1cccc(C)n1. The second-order valence-electron chi connectivity index (χ2n) is 7.86. The van der Waals surface area contributed by atoms with Crippen LogP contribution in [0, 0.1) is 13.8 Å². The number of aromatic nitrogens is 5. The molecule has 0 bridgehead atoms. The fourth-order valence-electron chi connectivity index (χ4n) is 3.52. The lowest BCUT2D eigenvalue weighted by molar-refractivity contribution is 0.391. The Kier molecular flexibility index (Phi) is 6.97. The number of pyridine rings is 2. The molecule has 0 radical (unpaired) electrons. The molecule has 0 unspecified atom stereocenters. The summed E-state index contributed by atoms with van der Waals surface area (Å²) in [5.74, 6) is 1.03. The Balaban J connectivity index is 1.78. The number of nitrogens with one attached hydrogen (secondary N) is 1. The average Bonchev–Trinajstić information content (AvgIpc) is 3.25. The van der Waals surface area contributed by atoms with Gasteiger partial charge in [0.05, 0.1) is 20.0 Å². The monoisotopic (exact) mass is 494 g/mol. The van der Waals surface area contributed by atoms with E-state index in [0.717, 1.165) is 11.3 Å². The van der Waals surface area contributed by atoms with Crippen molar-refractivity contribution in [3.63, 3.8) is 0 Å². The molecule has 0 saturated carbocycles. The highest BCUT2D eigenvalue weighted by molar-refractivity contribution is 7.92. The average molecular weight is 495 g/mol. The summed E-state index contributed by atoms with van der Waals surface area (Å²) in [6.07, 6.45) is 1.95. The minimum atomic E-state index is -3.80. The molecule has 3 heterocycles. The third kappa shape index (κ3) is 5.40. The van der Waals surface area contributed by atoms with Gasteiger partial charge in [-0.2, -0.15) is 0 Å². The van der Waals surface area contributed by atoms with Gasteiger partial charge in [-0.05, 0) is 49.7 Å². The van der Waals surface area contributed by atoms with Crippen molar-refractivity contribution in [2.75, 3.05) is 24.7 Å². The molecule has 0 spiro atoms. The van der Waals surface area contributed by atoms with Crippen molar-refractivity contribution in [1.82, 2.24) is 24.7 Å². The summed E-state index contributed by atoms with van der Waals surface area (Å²) in [5.41, 5.74) is 3.42. The number of para-hydroxylation sites is 1. The van der Waals surface area contributed by atoms with Gasteiger partial charge in [-0.15, -0.1) is 10.2 Å². The molecule has 4 aromatic rings. The lowest BCUT2D eigenvalue weighted by atomic mass is 10.2. The number of anilines is 1. The van der Waals surface area contributed by atoms with Crippen LogP contribution in [0.5, 0.6) is 11.5 Å². The van der Waals surface area contributed by atoms with E-state index in [-0.39, 0.29) is 18.1 Å². The van der Waals surface area contributed by atoms with Crippen LogP contribution in [0.1, 0.15) is 17.0 Å². The van der Waals surface area contributed by atoms with Gasteiger partial charge in [0.1, 0.15) is 22.9 Å². The number of ether oxygens (including phenoxy) is 2. The van der Waals surface area contributed by atoms with Gasteiger partial charge in [-0.1, -0.05) is 18.2 Å². The number of sulfonamides is 1. The Morgan fingerprint density at radius 2 is 1.66 bits per heavy atom. The van der Waals surface area contributed by atoms with Gasteiger partial charge in [0.25, 0.3) is 0 Å². The zero-order chi connectivity index (χ0) is 25.0. The number of methoxy groups -OCH3 is 2. The summed E-state index contributed by atoms with van der Waals surface area (Å²) >= 11 is 0. The second kappa shape index (κ2) is 10.1. The zero-order valence-corrected chi connectivity index (χ0v) is 20.7. The molecule has 0 saturated heterocycles. The standard InChI is InChI=1S/C24H26N6O4S/c1-16-11-12-18(25-15-16)13-14-35(31,32)29-24-28-27-23(19-8-5-7-17(2)26-19)30(24)22-20(33-3)9-6-10-21(22)34-4/h5-12,15H,13-14H2,1-4H3,(H,28,29). The van der Waals surface area contributed by atoms with Gasteiger partial charge in [-0.25, -0.2) is 13.4 Å². The van der Waals surface area contributed by atoms with Crippen LogP contribution in [-0.4, -0.2) is 53.1 Å². The minimum Gasteiger partial charge on any atom is -0.494 e. The summed E-state index contributed by atoms with van der Waals surface area (Å²) in [7, 11) is -0.766.